The monoisotopic (exact) mass is 524 g/mol. The van der Waals surface area contributed by atoms with Crippen molar-refractivity contribution in [2.45, 2.75) is 46.7 Å². The van der Waals surface area contributed by atoms with Crippen LogP contribution in [0.25, 0.3) is 0 Å². The number of hydrogen-bond acceptors (Lipinski definition) is 5. The molecule has 1 aromatic carbocycles. The first-order valence-corrected chi connectivity index (χ1v) is 12.8. The number of carbonyl (C=O) groups excluding carboxylic acids is 3. The molecule has 3 amide bonds. The number of hydrogen-bond donors (Lipinski definition) is 1. The van der Waals surface area contributed by atoms with E-state index in [1.54, 1.807) is 30.0 Å². The van der Waals surface area contributed by atoms with Crippen LogP contribution in [0, 0.1) is 5.92 Å². The molecule has 10 heteroatoms. The van der Waals surface area contributed by atoms with Crippen LogP contribution in [0.4, 0.5) is 4.79 Å². The molecule has 8 nitrogen and oxygen atoms in total. The molecule has 0 aliphatic carbocycles. The van der Waals surface area contributed by atoms with E-state index in [4.69, 9.17) is 27.9 Å². The standard InChI is InChI=1S/C25H34Cl2N4O4/c1-6-30-19(14-29-11-12-31(16(5)13-29)23(32)15(3)4)20(24(33)35-7-2)22(28-25(30)34)17-9-8-10-18(26)21(17)27/h8-10,15-16,22H,6-7,11-14H2,1-5H3,(H,28,34). The Labute approximate surface area is 217 Å². The fourth-order valence-electron chi connectivity index (χ4n) is 4.68. The Morgan fingerprint density at radius 2 is 1.91 bits per heavy atom. The predicted octanol–water partition coefficient (Wildman–Crippen LogP) is 4.09. The van der Waals surface area contributed by atoms with E-state index in [0.717, 1.165) is 0 Å². The third kappa shape index (κ3) is 5.76. The van der Waals surface area contributed by atoms with Crippen LogP contribution in [-0.2, 0) is 14.3 Å². The lowest BCUT2D eigenvalue weighted by atomic mass is 9.93. The van der Waals surface area contributed by atoms with Crippen molar-refractivity contribution in [3.8, 4) is 0 Å². The van der Waals surface area contributed by atoms with Crippen LogP contribution in [0.15, 0.2) is 29.5 Å². The average Bonchev–Trinajstić information content (AvgIpc) is 2.80. The maximum atomic E-state index is 13.3. The molecule has 0 radical (unpaired) electrons. The van der Waals surface area contributed by atoms with E-state index < -0.39 is 12.0 Å². The molecule has 192 valence electrons. The molecule has 2 unspecified atom stereocenters. The second kappa shape index (κ2) is 11.6. The number of rotatable bonds is 7. The number of carbonyl (C=O) groups is 3. The Hall–Kier alpha value is -2.29. The molecule has 2 heterocycles. The minimum atomic E-state index is -0.799. The second-order valence-corrected chi connectivity index (χ2v) is 9.91. The summed E-state index contributed by atoms with van der Waals surface area (Å²) in [5.74, 6) is -0.446. The van der Waals surface area contributed by atoms with E-state index in [0.29, 0.717) is 54.6 Å². The smallest absolute Gasteiger partial charge is 0.338 e. The maximum Gasteiger partial charge on any atom is 0.338 e. The van der Waals surface area contributed by atoms with Gasteiger partial charge in [-0.1, -0.05) is 49.2 Å². The van der Waals surface area contributed by atoms with Gasteiger partial charge < -0.3 is 15.0 Å². The molecule has 1 fully saturated rings. The fourth-order valence-corrected chi connectivity index (χ4v) is 5.10. The Morgan fingerprint density at radius 1 is 1.20 bits per heavy atom. The number of benzene rings is 1. The third-order valence-electron chi connectivity index (χ3n) is 6.40. The summed E-state index contributed by atoms with van der Waals surface area (Å²) < 4.78 is 5.42. The molecule has 0 aromatic heterocycles. The lowest BCUT2D eigenvalue weighted by Crippen LogP contribution is -2.57. The van der Waals surface area contributed by atoms with Gasteiger partial charge in [-0.15, -0.1) is 0 Å². The largest absolute Gasteiger partial charge is 0.463 e. The molecule has 0 spiro atoms. The number of urea groups is 1. The van der Waals surface area contributed by atoms with Crippen molar-refractivity contribution in [3.05, 3.63) is 45.1 Å². The molecule has 1 N–H and O–H groups in total. The topological polar surface area (TPSA) is 82.2 Å². The normalized spacial score (nSPS) is 21.4. The quantitative estimate of drug-likeness (QED) is 0.543. The van der Waals surface area contributed by atoms with Crippen molar-refractivity contribution in [3.63, 3.8) is 0 Å². The van der Waals surface area contributed by atoms with Crippen LogP contribution in [0.2, 0.25) is 10.0 Å². The minimum absolute atomic E-state index is 0.0101. The number of piperazine rings is 1. The summed E-state index contributed by atoms with van der Waals surface area (Å²) in [5, 5.41) is 3.53. The number of likely N-dealkylation sites (N-methyl/N-ethyl adjacent to an activating group) is 1. The first-order valence-electron chi connectivity index (χ1n) is 12.1. The number of esters is 1. The molecule has 2 aliphatic rings. The van der Waals surface area contributed by atoms with E-state index in [9.17, 15) is 14.4 Å². The Balaban J connectivity index is 2.02. The van der Waals surface area contributed by atoms with Crippen molar-refractivity contribution in [2.75, 3.05) is 39.3 Å². The van der Waals surface area contributed by atoms with Gasteiger partial charge in [0, 0.05) is 50.4 Å². The molecule has 1 aromatic rings. The van der Waals surface area contributed by atoms with Crippen molar-refractivity contribution < 1.29 is 19.1 Å². The highest BCUT2D eigenvalue weighted by molar-refractivity contribution is 6.42. The van der Waals surface area contributed by atoms with Crippen molar-refractivity contribution >= 4 is 41.1 Å². The van der Waals surface area contributed by atoms with Gasteiger partial charge in [-0.25, -0.2) is 9.59 Å². The second-order valence-electron chi connectivity index (χ2n) is 9.12. The molecule has 35 heavy (non-hydrogen) atoms. The molecule has 3 rings (SSSR count). The van der Waals surface area contributed by atoms with Crippen LogP contribution in [0.1, 0.15) is 46.2 Å². The SMILES string of the molecule is CCOC(=O)C1=C(CN2CCN(C(=O)C(C)C)C(C)C2)N(CC)C(=O)NC1c1cccc(Cl)c1Cl. The Bertz CT molecular complexity index is 1010. The summed E-state index contributed by atoms with van der Waals surface area (Å²) in [5.41, 5.74) is 1.45. The maximum absolute atomic E-state index is 13.3. The van der Waals surface area contributed by atoms with Crippen LogP contribution >= 0.6 is 23.2 Å². The molecule has 0 saturated carbocycles. The van der Waals surface area contributed by atoms with Gasteiger partial charge in [-0.2, -0.15) is 0 Å². The average molecular weight is 525 g/mol. The molecule has 0 bridgehead atoms. The predicted molar refractivity (Wildman–Crippen MR) is 136 cm³/mol. The lowest BCUT2D eigenvalue weighted by molar-refractivity contribution is -0.139. The van der Waals surface area contributed by atoms with E-state index in [1.165, 1.54) is 0 Å². The van der Waals surface area contributed by atoms with Crippen molar-refractivity contribution in [1.82, 2.24) is 20.0 Å². The van der Waals surface area contributed by atoms with Gasteiger partial charge >= 0.3 is 12.0 Å². The van der Waals surface area contributed by atoms with Gasteiger partial charge in [-0.3, -0.25) is 14.6 Å². The zero-order chi connectivity index (χ0) is 25.9. The Kier molecular flexibility index (Phi) is 9.07. The van der Waals surface area contributed by atoms with Crippen molar-refractivity contribution in [1.29, 1.82) is 0 Å². The highest BCUT2D eigenvalue weighted by Crippen LogP contribution is 2.38. The first kappa shape index (κ1) is 27.3. The molecule has 1 saturated heterocycles. The van der Waals surface area contributed by atoms with E-state index in [1.807, 2.05) is 32.6 Å². The van der Waals surface area contributed by atoms with E-state index in [2.05, 4.69) is 10.2 Å². The summed E-state index contributed by atoms with van der Waals surface area (Å²) in [4.78, 5) is 44.6. The first-order chi connectivity index (χ1) is 16.6. The zero-order valence-corrected chi connectivity index (χ0v) is 22.4. The summed E-state index contributed by atoms with van der Waals surface area (Å²) in [6.45, 7) is 12.2. The fraction of sp³-hybridized carbons (Fsp3) is 0.560. The number of amides is 3. The van der Waals surface area contributed by atoms with Gasteiger partial charge in [0.25, 0.3) is 0 Å². The summed E-state index contributed by atoms with van der Waals surface area (Å²) in [6.07, 6.45) is 0. The number of ether oxygens (including phenoxy) is 1. The third-order valence-corrected chi connectivity index (χ3v) is 7.24. The number of nitrogens with zero attached hydrogens (tertiary/aromatic N) is 3. The van der Waals surface area contributed by atoms with Gasteiger partial charge in [0.1, 0.15) is 0 Å². The highest BCUT2D eigenvalue weighted by atomic mass is 35.5. The molecular weight excluding hydrogens is 491 g/mol. The minimum Gasteiger partial charge on any atom is -0.463 e. The summed E-state index contributed by atoms with van der Waals surface area (Å²) >= 11 is 12.8. The van der Waals surface area contributed by atoms with Crippen molar-refractivity contribution in [2.24, 2.45) is 5.92 Å². The van der Waals surface area contributed by atoms with E-state index in [-0.39, 0.29) is 35.5 Å². The van der Waals surface area contributed by atoms with Crippen LogP contribution in [-0.4, -0.2) is 78.0 Å². The molecular formula is C25H34Cl2N4O4. The summed E-state index contributed by atoms with van der Waals surface area (Å²) in [6, 6.07) is 4.03. The zero-order valence-electron chi connectivity index (χ0n) is 20.9. The Morgan fingerprint density at radius 3 is 2.51 bits per heavy atom. The van der Waals surface area contributed by atoms with Gasteiger partial charge in [0.2, 0.25) is 5.91 Å². The van der Waals surface area contributed by atoms with Gasteiger partial charge in [-0.05, 0) is 32.4 Å². The number of nitrogens with one attached hydrogen (secondary N) is 1. The molecule has 2 atom stereocenters. The van der Waals surface area contributed by atoms with Gasteiger partial charge in [0.15, 0.2) is 0 Å². The van der Waals surface area contributed by atoms with Gasteiger partial charge in [0.05, 0.1) is 28.3 Å². The van der Waals surface area contributed by atoms with Crippen LogP contribution in [0.3, 0.4) is 0 Å². The lowest BCUT2D eigenvalue weighted by Gasteiger charge is -2.43. The highest BCUT2D eigenvalue weighted by Gasteiger charge is 2.40. The number of halogens is 2. The van der Waals surface area contributed by atoms with Crippen LogP contribution < -0.4 is 5.32 Å². The van der Waals surface area contributed by atoms with E-state index >= 15 is 0 Å². The van der Waals surface area contributed by atoms with Crippen LogP contribution in [0.5, 0.6) is 0 Å². The molecule has 2 aliphatic heterocycles. The summed E-state index contributed by atoms with van der Waals surface area (Å²) in [7, 11) is 0.